The molecule has 4 rings (SSSR count). The molecule has 2 aliphatic heterocycles. The third kappa shape index (κ3) is 5.22. The van der Waals surface area contributed by atoms with Crippen molar-refractivity contribution in [3.8, 4) is 0 Å². The van der Waals surface area contributed by atoms with Crippen LogP contribution in [0, 0.1) is 5.41 Å². The van der Waals surface area contributed by atoms with Crippen LogP contribution in [0.4, 0.5) is 0 Å². The van der Waals surface area contributed by atoms with E-state index >= 15 is 0 Å². The van der Waals surface area contributed by atoms with Crippen LogP contribution >= 0.6 is 0 Å². The van der Waals surface area contributed by atoms with Gasteiger partial charge in [-0.3, -0.25) is 19.2 Å². The predicted molar refractivity (Wildman–Crippen MR) is 121 cm³/mol. The van der Waals surface area contributed by atoms with Crippen LogP contribution in [-0.4, -0.2) is 82.9 Å². The maximum absolute atomic E-state index is 13.0. The van der Waals surface area contributed by atoms with Gasteiger partial charge in [-0.1, -0.05) is 18.2 Å². The number of hydrogen-bond donors (Lipinski definition) is 1. The lowest BCUT2D eigenvalue weighted by molar-refractivity contribution is -0.152. The van der Waals surface area contributed by atoms with Gasteiger partial charge in [-0.25, -0.2) is 4.68 Å². The number of aromatic nitrogens is 2. The standard InChI is InChI=1S/C22H28N4O4.CH2O2/c1-24(2)14-15-13-22(21(29)30-15)8-10-26(11-9-22)19(27)12-18-16-6-4-5-7-17(16)20(28)25(3)23-18;2-1-3/h4-7,15H,8-14H2,1-3H3;1H,(H,2,3). The Labute approximate surface area is 191 Å². The van der Waals surface area contributed by atoms with Gasteiger partial charge in [0.2, 0.25) is 5.91 Å². The number of benzene rings is 1. The summed E-state index contributed by atoms with van der Waals surface area (Å²) in [6.07, 6.45) is 2.04. The first-order valence-corrected chi connectivity index (χ1v) is 10.9. The molecule has 1 aromatic heterocycles. The van der Waals surface area contributed by atoms with Crippen LogP contribution in [-0.2, 0) is 32.6 Å². The van der Waals surface area contributed by atoms with Gasteiger partial charge in [0.25, 0.3) is 12.0 Å². The monoisotopic (exact) mass is 458 g/mol. The fraction of sp³-hybridized carbons (Fsp3) is 0.522. The number of aryl methyl sites for hydroxylation is 1. The average molecular weight is 459 g/mol. The van der Waals surface area contributed by atoms with Gasteiger partial charge in [-0.05, 0) is 33.0 Å². The minimum Gasteiger partial charge on any atom is -0.483 e. The number of likely N-dealkylation sites (tertiary alicyclic amines) is 1. The Morgan fingerprint density at radius 3 is 2.45 bits per heavy atom. The average Bonchev–Trinajstić information content (AvgIpc) is 3.06. The normalized spacial score (nSPS) is 19.3. The number of carbonyl (C=O) groups is 3. The van der Waals surface area contributed by atoms with Crippen LogP contribution in [0.25, 0.3) is 10.8 Å². The number of carbonyl (C=O) groups excluding carboxylic acids is 2. The highest BCUT2D eigenvalue weighted by molar-refractivity contribution is 5.88. The zero-order valence-corrected chi connectivity index (χ0v) is 19.2. The molecule has 0 bridgehead atoms. The molecular formula is C23H30N4O6. The highest BCUT2D eigenvalue weighted by atomic mass is 16.6. The summed E-state index contributed by atoms with van der Waals surface area (Å²) in [5.41, 5.74) is -0.0305. The molecule has 1 spiro atoms. The van der Waals surface area contributed by atoms with Gasteiger partial charge in [-0.15, -0.1) is 0 Å². The fourth-order valence-corrected chi connectivity index (χ4v) is 4.70. The van der Waals surface area contributed by atoms with Crippen LogP contribution in [0.3, 0.4) is 0 Å². The smallest absolute Gasteiger partial charge is 0.312 e. The molecule has 1 atom stereocenters. The summed E-state index contributed by atoms with van der Waals surface area (Å²) in [4.78, 5) is 50.0. The van der Waals surface area contributed by atoms with Gasteiger partial charge in [0.05, 0.1) is 22.9 Å². The van der Waals surface area contributed by atoms with Crippen molar-refractivity contribution in [2.75, 3.05) is 33.7 Å². The number of ether oxygens (including phenoxy) is 1. The molecule has 1 aromatic carbocycles. The third-order valence-electron chi connectivity index (χ3n) is 6.32. The van der Waals surface area contributed by atoms with Crippen LogP contribution in [0.1, 0.15) is 25.0 Å². The number of piperidine rings is 1. The molecule has 2 saturated heterocycles. The molecular weight excluding hydrogens is 428 g/mol. The molecule has 1 N–H and O–H groups in total. The number of fused-ring (bicyclic) bond motifs is 1. The molecule has 0 aliphatic carbocycles. The van der Waals surface area contributed by atoms with E-state index in [1.165, 1.54) is 4.68 Å². The minimum absolute atomic E-state index is 0.0302. The van der Waals surface area contributed by atoms with E-state index < -0.39 is 5.41 Å². The SMILES string of the molecule is CN(C)CC1CC2(CCN(C(=O)Cc3nn(C)c(=O)c4ccccc34)CC2)C(=O)O1.O=CO. The second-order valence-corrected chi connectivity index (χ2v) is 8.86. The number of rotatable bonds is 4. The zero-order chi connectivity index (χ0) is 24.2. The van der Waals surface area contributed by atoms with E-state index in [2.05, 4.69) is 5.10 Å². The van der Waals surface area contributed by atoms with Crippen molar-refractivity contribution in [1.29, 1.82) is 0 Å². The molecule has 1 amide bonds. The first-order valence-electron chi connectivity index (χ1n) is 10.9. The van der Waals surface area contributed by atoms with Gasteiger partial charge < -0.3 is 19.6 Å². The van der Waals surface area contributed by atoms with Crippen LogP contribution in [0.15, 0.2) is 29.1 Å². The second kappa shape index (κ2) is 10.1. The number of likely N-dealkylation sites (N-methyl/N-ethyl adjacent to an activating group) is 1. The Balaban J connectivity index is 0.000000968. The molecule has 178 valence electrons. The Bertz CT molecular complexity index is 1090. The number of carboxylic acid groups (broad SMARTS) is 1. The molecule has 0 radical (unpaired) electrons. The van der Waals surface area contributed by atoms with Crippen LogP contribution in [0.5, 0.6) is 0 Å². The van der Waals surface area contributed by atoms with Crippen molar-refractivity contribution in [3.05, 3.63) is 40.3 Å². The largest absolute Gasteiger partial charge is 0.483 e. The van der Waals surface area contributed by atoms with Crippen molar-refractivity contribution < 1.29 is 24.2 Å². The van der Waals surface area contributed by atoms with Gasteiger partial charge in [0.1, 0.15) is 6.10 Å². The Hall–Kier alpha value is -3.27. The number of amides is 1. The van der Waals surface area contributed by atoms with Gasteiger partial charge in [-0.2, -0.15) is 5.10 Å². The number of cyclic esters (lactones) is 1. The lowest BCUT2D eigenvalue weighted by Gasteiger charge is -2.36. The highest BCUT2D eigenvalue weighted by Crippen LogP contribution is 2.43. The van der Waals surface area contributed by atoms with E-state index in [0.717, 1.165) is 13.0 Å². The Kier molecular flexibility index (Phi) is 7.47. The van der Waals surface area contributed by atoms with E-state index in [1.807, 2.05) is 37.2 Å². The van der Waals surface area contributed by atoms with Crippen molar-refractivity contribution in [2.45, 2.75) is 31.8 Å². The molecule has 10 heteroatoms. The van der Waals surface area contributed by atoms with Crippen molar-refractivity contribution in [1.82, 2.24) is 19.6 Å². The van der Waals surface area contributed by atoms with Crippen molar-refractivity contribution in [3.63, 3.8) is 0 Å². The summed E-state index contributed by atoms with van der Waals surface area (Å²) >= 11 is 0. The van der Waals surface area contributed by atoms with Crippen molar-refractivity contribution >= 4 is 29.1 Å². The van der Waals surface area contributed by atoms with Gasteiger partial charge in [0, 0.05) is 38.5 Å². The van der Waals surface area contributed by atoms with E-state index in [-0.39, 0.29) is 36.4 Å². The fourth-order valence-electron chi connectivity index (χ4n) is 4.70. The summed E-state index contributed by atoms with van der Waals surface area (Å²) in [5, 5.41) is 12.5. The van der Waals surface area contributed by atoms with Gasteiger partial charge >= 0.3 is 5.97 Å². The van der Waals surface area contributed by atoms with E-state index in [9.17, 15) is 14.4 Å². The number of nitrogens with zero attached hydrogens (tertiary/aromatic N) is 4. The van der Waals surface area contributed by atoms with Crippen LogP contribution < -0.4 is 5.56 Å². The van der Waals surface area contributed by atoms with E-state index in [4.69, 9.17) is 14.6 Å². The summed E-state index contributed by atoms with van der Waals surface area (Å²) in [6.45, 7) is 1.54. The third-order valence-corrected chi connectivity index (χ3v) is 6.32. The molecule has 2 aliphatic rings. The Morgan fingerprint density at radius 2 is 1.85 bits per heavy atom. The second-order valence-electron chi connectivity index (χ2n) is 8.86. The predicted octanol–water partition coefficient (Wildman–Crippen LogP) is 0.663. The summed E-state index contributed by atoms with van der Waals surface area (Å²) in [6, 6.07) is 7.24. The quantitative estimate of drug-likeness (QED) is 0.524. The molecule has 0 saturated carbocycles. The topological polar surface area (TPSA) is 122 Å². The van der Waals surface area contributed by atoms with Crippen molar-refractivity contribution in [2.24, 2.45) is 12.5 Å². The first kappa shape index (κ1) is 24.4. The lowest BCUT2D eigenvalue weighted by atomic mass is 9.76. The van der Waals surface area contributed by atoms with E-state index in [1.54, 1.807) is 18.0 Å². The maximum Gasteiger partial charge on any atom is 0.312 e. The number of hydrogen-bond acceptors (Lipinski definition) is 7. The minimum atomic E-state index is -0.459. The molecule has 1 unspecified atom stereocenters. The highest BCUT2D eigenvalue weighted by Gasteiger charge is 2.50. The molecule has 2 aromatic rings. The number of esters is 1. The summed E-state index contributed by atoms with van der Waals surface area (Å²) in [5.74, 6) is -0.149. The molecule has 33 heavy (non-hydrogen) atoms. The maximum atomic E-state index is 13.0. The van der Waals surface area contributed by atoms with E-state index in [0.29, 0.717) is 42.4 Å². The summed E-state index contributed by atoms with van der Waals surface area (Å²) in [7, 11) is 5.54. The molecule has 3 heterocycles. The summed E-state index contributed by atoms with van der Waals surface area (Å²) < 4.78 is 6.89. The van der Waals surface area contributed by atoms with Crippen LogP contribution in [0.2, 0.25) is 0 Å². The first-order chi connectivity index (χ1) is 15.7. The lowest BCUT2D eigenvalue weighted by Crippen LogP contribution is -2.45. The molecule has 10 nitrogen and oxygen atoms in total. The zero-order valence-electron chi connectivity index (χ0n) is 19.2. The van der Waals surface area contributed by atoms with Gasteiger partial charge in [0.15, 0.2) is 0 Å². The molecule has 2 fully saturated rings. The Morgan fingerprint density at radius 1 is 1.24 bits per heavy atom.